The van der Waals surface area contributed by atoms with E-state index in [4.69, 9.17) is 9.47 Å². The first kappa shape index (κ1) is 18.7. The Morgan fingerprint density at radius 1 is 1.15 bits per heavy atom. The third kappa shape index (κ3) is 5.44. The molecule has 3 rings (SSSR count). The lowest BCUT2D eigenvalue weighted by molar-refractivity contribution is -0.123. The minimum Gasteiger partial charge on any atom is -0.484 e. The van der Waals surface area contributed by atoms with Gasteiger partial charge in [0.05, 0.1) is 6.61 Å². The monoisotopic (exact) mass is 356 g/mol. The number of benzene rings is 2. The summed E-state index contributed by atoms with van der Waals surface area (Å²) in [5, 5.41) is 5.29. The molecule has 0 aromatic heterocycles. The molecule has 5 heteroatoms. The van der Waals surface area contributed by atoms with Crippen LogP contribution in [-0.4, -0.2) is 57.3 Å². The Labute approximate surface area is 155 Å². The molecule has 1 heterocycles. The van der Waals surface area contributed by atoms with Crippen LogP contribution in [-0.2, 0) is 9.53 Å². The van der Waals surface area contributed by atoms with Crippen LogP contribution in [0, 0.1) is 5.92 Å². The summed E-state index contributed by atoms with van der Waals surface area (Å²) in [4.78, 5) is 14.5. The van der Waals surface area contributed by atoms with Gasteiger partial charge >= 0.3 is 0 Å². The number of nitrogens with one attached hydrogen (secondary N) is 1. The molecule has 1 aliphatic rings. The van der Waals surface area contributed by atoms with Gasteiger partial charge in [-0.2, -0.15) is 0 Å². The average Bonchev–Trinajstić information content (AvgIpc) is 2.69. The molecular weight excluding hydrogens is 328 g/mol. The number of amides is 1. The van der Waals surface area contributed by atoms with Crippen molar-refractivity contribution in [1.82, 2.24) is 10.2 Å². The second-order valence-electron chi connectivity index (χ2n) is 6.88. The van der Waals surface area contributed by atoms with E-state index in [9.17, 15) is 4.79 Å². The van der Waals surface area contributed by atoms with Gasteiger partial charge in [-0.1, -0.05) is 30.3 Å². The van der Waals surface area contributed by atoms with Gasteiger partial charge in [-0.05, 0) is 54.8 Å². The average molecular weight is 356 g/mol. The number of methoxy groups -OCH3 is 1. The smallest absolute Gasteiger partial charge is 0.257 e. The minimum atomic E-state index is -0.0556. The van der Waals surface area contributed by atoms with Gasteiger partial charge in [0.1, 0.15) is 5.75 Å². The van der Waals surface area contributed by atoms with Crippen LogP contribution in [0.2, 0.25) is 0 Å². The van der Waals surface area contributed by atoms with Crippen LogP contribution in [0.15, 0.2) is 42.5 Å². The summed E-state index contributed by atoms with van der Waals surface area (Å²) in [6.07, 6.45) is 2.24. The molecule has 1 fully saturated rings. The highest BCUT2D eigenvalue weighted by molar-refractivity contribution is 5.84. The summed E-state index contributed by atoms with van der Waals surface area (Å²) in [6, 6.07) is 14.0. The van der Waals surface area contributed by atoms with E-state index in [0.717, 1.165) is 56.8 Å². The summed E-state index contributed by atoms with van der Waals surface area (Å²) < 4.78 is 10.8. The van der Waals surface area contributed by atoms with Crippen molar-refractivity contribution in [3.05, 3.63) is 42.5 Å². The fraction of sp³-hybridized carbons (Fsp3) is 0.476. The van der Waals surface area contributed by atoms with E-state index >= 15 is 0 Å². The first-order valence-corrected chi connectivity index (χ1v) is 9.34. The van der Waals surface area contributed by atoms with Crippen molar-refractivity contribution in [3.63, 3.8) is 0 Å². The third-order valence-electron chi connectivity index (χ3n) is 5.00. The standard InChI is InChI=1S/C21H28N2O3/c1-25-13-12-23-10-8-17(9-11-23)15-22-21(24)16-26-20-7-6-18-4-2-3-5-19(18)14-20/h2-7,14,17H,8-13,15-16H2,1H3,(H,22,24). The fourth-order valence-corrected chi connectivity index (χ4v) is 3.35. The molecule has 1 saturated heterocycles. The van der Waals surface area contributed by atoms with E-state index < -0.39 is 0 Å². The maximum atomic E-state index is 12.1. The van der Waals surface area contributed by atoms with Crippen LogP contribution in [0.5, 0.6) is 5.75 Å². The van der Waals surface area contributed by atoms with Crippen molar-refractivity contribution in [1.29, 1.82) is 0 Å². The van der Waals surface area contributed by atoms with E-state index in [2.05, 4.69) is 16.3 Å². The Balaban J connectivity index is 1.36. The van der Waals surface area contributed by atoms with Gasteiger partial charge in [0.15, 0.2) is 6.61 Å². The van der Waals surface area contributed by atoms with Gasteiger partial charge in [-0.25, -0.2) is 0 Å². The van der Waals surface area contributed by atoms with Crippen molar-refractivity contribution in [2.24, 2.45) is 5.92 Å². The molecular formula is C21H28N2O3. The van der Waals surface area contributed by atoms with Crippen molar-refractivity contribution in [3.8, 4) is 5.75 Å². The molecule has 5 nitrogen and oxygen atoms in total. The van der Waals surface area contributed by atoms with Crippen molar-refractivity contribution < 1.29 is 14.3 Å². The van der Waals surface area contributed by atoms with E-state index in [1.165, 1.54) is 5.39 Å². The fourth-order valence-electron chi connectivity index (χ4n) is 3.35. The molecule has 0 radical (unpaired) electrons. The number of ether oxygens (including phenoxy) is 2. The van der Waals surface area contributed by atoms with E-state index in [1.54, 1.807) is 7.11 Å². The zero-order valence-corrected chi connectivity index (χ0v) is 15.4. The SMILES string of the molecule is COCCN1CCC(CNC(=O)COc2ccc3ccccc3c2)CC1. The second kappa shape index (κ2) is 9.55. The van der Waals surface area contributed by atoms with Crippen LogP contribution in [0.4, 0.5) is 0 Å². The predicted molar refractivity (Wildman–Crippen MR) is 103 cm³/mol. The maximum Gasteiger partial charge on any atom is 0.257 e. The van der Waals surface area contributed by atoms with Gasteiger partial charge in [-0.15, -0.1) is 0 Å². The van der Waals surface area contributed by atoms with Crippen LogP contribution >= 0.6 is 0 Å². The number of likely N-dealkylation sites (tertiary alicyclic amines) is 1. The number of carbonyl (C=O) groups excluding carboxylic acids is 1. The first-order valence-electron chi connectivity index (χ1n) is 9.34. The van der Waals surface area contributed by atoms with Crippen LogP contribution in [0.1, 0.15) is 12.8 Å². The number of rotatable bonds is 8. The lowest BCUT2D eigenvalue weighted by Crippen LogP contribution is -2.40. The molecule has 140 valence electrons. The maximum absolute atomic E-state index is 12.1. The van der Waals surface area contributed by atoms with Crippen LogP contribution in [0.25, 0.3) is 10.8 Å². The molecule has 0 bridgehead atoms. The van der Waals surface area contributed by atoms with Crippen LogP contribution in [0.3, 0.4) is 0 Å². The number of piperidine rings is 1. The summed E-state index contributed by atoms with van der Waals surface area (Å²) >= 11 is 0. The Morgan fingerprint density at radius 2 is 1.92 bits per heavy atom. The van der Waals surface area contributed by atoms with Crippen molar-refractivity contribution in [2.75, 3.05) is 46.5 Å². The molecule has 2 aromatic rings. The molecule has 26 heavy (non-hydrogen) atoms. The van der Waals surface area contributed by atoms with Gasteiger partial charge in [-0.3, -0.25) is 4.79 Å². The lowest BCUT2D eigenvalue weighted by atomic mass is 9.97. The molecule has 0 spiro atoms. The summed E-state index contributed by atoms with van der Waals surface area (Å²) in [5.41, 5.74) is 0. The topological polar surface area (TPSA) is 50.8 Å². The third-order valence-corrected chi connectivity index (χ3v) is 5.00. The zero-order valence-electron chi connectivity index (χ0n) is 15.4. The van der Waals surface area contributed by atoms with Gasteiger partial charge < -0.3 is 19.7 Å². The Hall–Kier alpha value is -2.11. The molecule has 1 amide bonds. The largest absolute Gasteiger partial charge is 0.484 e. The highest BCUT2D eigenvalue weighted by Crippen LogP contribution is 2.20. The van der Waals surface area contributed by atoms with Crippen molar-refractivity contribution >= 4 is 16.7 Å². The highest BCUT2D eigenvalue weighted by Gasteiger charge is 2.19. The quantitative estimate of drug-likeness (QED) is 0.790. The van der Waals surface area contributed by atoms with Gasteiger partial charge in [0, 0.05) is 20.2 Å². The lowest BCUT2D eigenvalue weighted by Gasteiger charge is -2.31. The number of fused-ring (bicyclic) bond motifs is 1. The van der Waals surface area contributed by atoms with Gasteiger partial charge in [0.2, 0.25) is 0 Å². The highest BCUT2D eigenvalue weighted by atomic mass is 16.5. The number of hydrogen-bond acceptors (Lipinski definition) is 4. The Kier molecular flexibility index (Phi) is 6.86. The summed E-state index contributed by atoms with van der Waals surface area (Å²) in [5.74, 6) is 1.23. The van der Waals surface area contributed by atoms with E-state index in [-0.39, 0.29) is 12.5 Å². The van der Waals surface area contributed by atoms with Crippen molar-refractivity contribution in [2.45, 2.75) is 12.8 Å². The first-order chi connectivity index (χ1) is 12.7. The Bertz CT molecular complexity index is 711. The Morgan fingerprint density at radius 3 is 2.69 bits per heavy atom. The summed E-state index contributed by atoms with van der Waals surface area (Å²) in [7, 11) is 1.74. The molecule has 2 aromatic carbocycles. The molecule has 1 aliphatic heterocycles. The molecule has 1 N–H and O–H groups in total. The molecule has 0 unspecified atom stereocenters. The normalized spacial score (nSPS) is 15.9. The molecule has 0 atom stereocenters. The number of carbonyl (C=O) groups is 1. The second-order valence-corrected chi connectivity index (χ2v) is 6.88. The van der Waals surface area contributed by atoms with Crippen LogP contribution < -0.4 is 10.1 Å². The molecule has 0 aliphatic carbocycles. The molecule has 0 saturated carbocycles. The van der Waals surface area contributed by atoms with E-state index in [1.807, 2.05) is 36.4 Å². The minimum absolute atomic E-state index is 0.0556. The number of hydrogen-bond donors (Lipinski definition) is 1. The van der Waals surface area contributed by atoms with E-state index in [0.29, 0.717) is 5.92 Å². The number of nitrogens with zero attached hydrogens (tertiary/aromatic N) is 1. The summed E-state index contributed by atoms with van der Waals surface area (Å²) in [6.45, 7) is 4.74. The zero-order chi connectivity index (χ0) is 18.2. The van der Waals surface area contributed by atoms with Gasteiger partial charge in [0.25, 0.3) is 5.91 Å². The predicted octanol–water partition coefficient (Wildman–Crippen LogP) is 2.69.